The van der Waals surface area contributed by atoms with Crippen molar-refractivity contribution in [1.29, 1.82) is 0 Å². The van der Waals surface area contributed by atoms with Crippen molar-refractivity contribution >= 4 is 21.6 Å². The molecular weight excluding hydrogens is 232 g/mol. The third-order valence-corrected chi connectivity index (χ3v) is 6.76. The van der Waals surface area contributed by atoms with Crippen LogP contribution in [0, 0.1) is 0 Å². The standard InChI is InChI=1S/C14H30S2/c1-5-9-11-13(7-3)15-16-14(8-4)12-10-6-2/h13-14H,5-12H2,1-4H3. The monoisotopic (exact) mass is 262 g/mol. The second-order valence-corrected chi connectivity index (χ2v) is 7.41. The van der Waals surface area contributed by atoms with Gasteiger partial charge in [0.25, 0.3) is 0 Å². The summed E-state index contributed by atoms with van der Waals surface area (Å²) in [4.78, 5) is 0. The smallest absolute Gasteiger partial charge is 0.0149 e. The Morgan fingerprint density at radius 3 is 1.31 bits per heavy atom. The predicted octanol–water partition coefficient (Wildman–Crippen LogP) is 6.31. The molecule has 0 aliphatic carbocycles. The molecule has 0 spiro atoms. The molecule has 0 saturated carbocycles. The van der Waals surface area contributed by atoms with Gasteiger partial charge >= 0.3 is 0 Å². The molecule has 0 bridgehead atoms. The van der Waals surface area contributed by atoms with Gasteiger partial charge in [0, 0.05) is 10.5 Å². The van der Waals surface area contributed by atoms with Crippen molar-refractivity contribution in [3.05, 3.63) is 0 Å². The van der Waals surface area contributed by atoms with Gasteiger partial charge in [-0.25, -0.2) is 0 Å². The second kappa shape index (κ2) is 12.2. The van der Waals surface area contributed by atoms with Gasteiger partial charge in [0.15, 0.2) is 0 Å². The molecule has 0 aromatic rings. The zero-order valence-electron chi connectivity index (χ0n) is 11.6. The molecule has 2 unspecified atom stereocenters. The minimum Gasteiger partial charge on any atom is -0.0905 e. The first kappa shape index (κ1) is 16.7. The van der Waals surface area contributed by atoms with E-state index in [-0.39, 0.29) is 0 Å². The van der Waals surface area contributed by atoms with Crippen LogP contribution >= 0.6 is 21.6 Å². The molecule has 0 aliphatic rings. The van der Waals surface area contributed by atoms with E-state index in [4.69, 9.17) is 0 Å². The van der Waals surface area contributed by atoms with Crippen LogP contribution in [0.3, 0.4) is 0 Å². The van der Waals surface area contributed by atoms with Gasteiger partial charge in [-0.2, -0.15) is 0 Å². The normalized spacial score (nSPS) is 15.0. The lowest BCUT2D eigenvalue weighted by molar-refractivity contribution is 0.668. The Labute approximate surface area is 111 Å². The molecule has 0 N–H and O–H groups in total. The Balaban J connectivity index is 3.69. The lowest BCUT2D eigenvalue weighted by Gasteiger charge is -2.18. The summed E-state index contributed by atoms with van der Waals surface area (Å²) in [6.07, 6.45) is 11.0. The van der Waals surface area contributed by atoms with E-state index in [0.29, 0.717) is 0 Å². The molecule has 2 atom stereocenters. The molecule has 98 valence electrons. The van der Waals surface area contributed by atoms with E-state index in [0.717, 1.165) is 10.5 Å². The molecule has 0 heterocycles. The topological polar surface area (TPSA) is 0 Å². The van der Waals surface area contributed by atoms with Crippen molar-refractivity contribution in [1.82, 2.24) is 0 Å². The van der Waals surface area contributed by atoms with Crippen molar-refractivity contribution in [2.24, 2.45) is 0 Å². The van der Waals surface area contributed by atoms with Crippen molar-refractivity contribution < 1.29 is 0 Å². The number of unbranched alkanes of at least 4 members (excludes halogenated alkanes) is 2. The Bertz CT molecular complexity index is 121. The van der Waals surface area contributed by atoms with Gasteiger partial charge in [-0.15, -0.1) is 0 Å². The number of hydrogen-bond acceptors (Lipinski definition) is 2. The lowest BCUT2D eigenvalue weighted by Crippen LogP contribution is -2.03. The third-order valence-electron chi connectivity index (χ3n) is 3.00. The quantitative estimate of drug-likeness (QED) is 0.400. The van der Waals surface area contributed by atoms with E-state index in [1.807, 2.05) is 0 Å². The molecular formula is C14H30S2. The molecule has 0 aliphatic heterocycles. The van der Waals surface area contributed by atoms with E-state index >= 15 is 0 Å². The van der Waals surface area contributed by atoms with E-state index in [2.05, 4.69) is 49.3 Å². The van der Waals surface area contributed by atoms with Crippen molar-refractivity contribution in [2.75, 3.05) is 0 Å². The zero-order chi connectivity index (χ0) is 12.2. The molecule has 0 radical (unpaired) electrons. The maximum Gasteiger partial charge on any atom is 0.0149 e. The molecule has 16 heavy (non-hydrogen) atoms. The van der Waals surface area contributed by atoms with Crippen molar-refractivity contribution in [3.8, 4) is 0 Å². The van der Waals surface area contributed by atoms with E-state index in [1.54, 1.807) is 0 Å². The fourth-order valence-electron chi connectivity index (χ4n) is 1.66. The average molecular weight is 263 g/mol. The fraction of sp³-hybridized carbons (Fsp3) is 1.00. The summed E-state index contributed by atoms with van der Waals surface area (Å²) in [6, 6.07) is 0. The van der Waals surface area contributed by atoms with Crippen LogP contribution < -0.4 is 0 Å². The highest BCUT2D eigenvalue weighted by Crippen LogP contribution is 2.37. The highest BCUT2D eigenvalue weighted by atomic mass is 33.1. The van der Waals surface area contributed by atoms with Crippen molar-refractivity contribution in [3.63, 3.8) is 0 Å². The van der Waals surface area contributed by atoms with Crippen LogP contribution in [0.25, 0.3) is 0 Å². The molecule has 0 nitrogen and oxygen atoms in total. The minimum absolute atomic E-state index is 0.889. The van der Waals surface area contributed by atoms with Crippen LogP contribution in [0.2, 0.25) is 0 Å². The first-order valence-corrected chi connectivity index (χ1v) is 9.38. The van der Waals surface area contributed by atoms with E-state index < -0.39 is 0 Å². The lowest BCUT2D eigenvalue weighted by atomic mass is 10.2. The maximum absolute atomic E-state index is 2.33. The molecule has 0 saturated heterocycles. The molecule has 0 fully saturated rings. The van der Waals surface area contributed by atoms with Crippen LogP contribution in [0.5, 0.6) is 0 Å². The summed E-state index contributed by atoms with van der Waals surface area (Å²) in [5, 5.41) is 1.78. The van der Waals surface area contributed by atoms with Crippen LogP contribution in [-0.2, 0) is 0 Å². The maximum atomic E-state index is 2.33. The molecule has 0 amide bonds. The van der Waals surface area contributed by atoms with Gasteiger partial charge in [0.1, 0.15) is 0 Å². The number of hydrogen-bond donors (Lipinski definition) is 0. The van der Waals surface area contributed by atoms with Crippen molar-refractivity contribution in [2.45, 2.75) is 89.6 Å². The molecule has 2 heteroatoms. The van der Waals surface area contributed by atoms with Crippen LogP contribution in [0.15, 0.2) is 0 Å². The summed E-state index contributed by atoms with van der Waals surface area (Å²) in [7, 11) is 4.32. The Morgan fingerprint density at radius 1 is 0.688 bits per heavy atom. The largest absolute Gasteiger partial charge is 0.0905 e. The third kappa shape index (κ3) is 8.81. The zero-order valence-corrected chi connectivity index (χ0v) is 13.3. The summed E-state index contributed by atoms with van der Waals surface area (Å²) in [6.45, 7) is 9.25. The highest BCUT2D eigenvalue weighted by molar-refractivity contribution is 8.77. The van der Waals surface area contributed by atoms with E-state index in [1.165, 1.54) is 51.4 Å². The van der Waals surface area contributed by atoms with Gasteiger partial charge < -0.3 is 0 Å². The van der Waals surface area contributed by atoms with Gasteiger partial charge in [-0.05, 0) is 25.7 Å². The average Bonchev–Trinajstić information content (AvgIpc) is 2.33. The Kier molecular flexibility index (Phi) is 12.7. The Morgan fingerprint density at radius 2 is 1.06 bits per heavy atom. The first-order valence-electron chi connectivity index (χ1n) is 7.10. The van der Waals surface area contributed by atoms with Gasteiger partial charge in [-0.3, -0.25) is 0 Å². The summed E-state index contributed by atoms with van der Waals surface area (Å²) in [5.41, 5.74) is 0. The summed E-state index contributed by atoms with van der Waals surface area (Å²) in [5.74, 6) is 0. The fourth-order valence-corrected chi connectivity index (χ4v) is 5.11. The van der Waals surface area contributed by atoms with Gasteiger partial charge in [0.05, 0.1) is 0 Å². The second-order valence-electron chi connectivity index (χ2n) is 4.54. The predicted molar refractivity (Wildman–Crippen MR) is 82.4 cm³/mol. The van der Waals surface area contributed by atoms with Crippen LogP contribution in [0.1, 0.15) is 79.1 Å². The number of rotatable bonds is 11. The van der Waals surface area contributed by atoms with Gasteiger partial charge in [0.2, 0.25) is 0 Å². The summed E-state index contributed by atoms with van der Waals surface area (Å²) >= 11 is 0. The Hall–Kier alpha value is 0.700. The summed E-state index contributed by atoms with van der Waals surface area (Å²) < 4.78 is 0. The highest BCUT2D eigenvalue weighted by Gasteiger charge is 2.11. The minimum atomic E-state index is 0.889. The first-order chi connectivity index (χ1) is 7.78. The van der Waals surface area contributed by atoms with E-state index in [9.17, 15) is 0 Å². The van der Waals surface area contributed by atoms with Crippen LogP contribution in [0.4, 0.5) is 0 Å². The van der Waals surface area contributed by atoms with Crippen LogP contribution in [-0.4, -0.2) is 10.5 Å². The molecule has 0 rings (SSSR count). The van der Waals surface area contributed by atoms with Gasteiger partial charge in [-0.1, -0.05) is 75.0 Å². The molecule has 0 aromatic heterocycles. The SMILES string of the molecule is CCCCC(CC)SSC(CC)CCCC. The molecule has 0 aromatic carbocycles.